The van der Waals surface area contributed by atoms with Crippen LogP contribution in [0.5, 0.6) is 0 Å². The monoisotopic (exact) mass is 381 g/mol. The van der Waals surface area contributed by atoms with Crippen molar-refractivity contribution in [3.8, 4) is 6.07 Å². The Labute approximate surface area is 165 Å². The number of amides is 1. The largest absolute Gasteiger partial charge is 0.444 e. The quantitative estimate of drug-likeness (QED) is 0.879. The van der Waals surface area contributed by atoms with E-state index in [9.17, 15) is 10.1 Å². The van der Waals surface area contributed by atoms with Crippen molar-refractivity contribution in [3.05, 3.63) is 34.1 Å². The molecule has 148 valence electrons. The Hall–Kier alpha value is -2.59. The number of carbonyl (C=O) groups excluding carboxylic acids is 1. The Morgan fingerprint density at radius 2 is 2.11 bits per heavy atom. The van der Waals surface area contributed by atoms with E-state index < -0.39 is 0 Å². The van der Waals surface area contributed by atoms with Gasteiger partial charge in [-0.3, -0.25) is 15.0 Å². The number of aromatic nitrogens is 2. The third-order valence-electron chi connectivity index (χ3n) is 6.17. The van der Waals surface area contributed by atoms with E-state index in [1.54, 1.807) is 6.92 Å². The maximum absolute atomic E-state index is 12.7. The predicted octanol–water partition coefficient (Wildman–Crippen LogP) is 3.16. The topological polar surface area (TPSA) is 87.1 Å². The minimum atomic E-state index is -0.156. The van der Waals surface area contributed by atoms with Crippen LogP contribution in [0.1, 0.15) is 65.8 Å². The maximum Gasteiger partial charge on any atom is 0.240 e. The average molecular weight is 381 g/mol. The smallest absolute Gasteiger partial charge is 0.240 e. The van der Waals surface area contributed by atoms with Crippen molar-refractivity contribution in [2.24, 2.45) is 7.05 Å². The molecule has 0 radical (unpaired) electrons. The van der Waals surface area contributed by atoms with Crippen LogP contribution < -0.4 is 5.32 Å². The van der Waals surface area contributed by atoms with Crippen molar-refractivity contribution in [2.75, 3.05) is 18.4 Å². The van der Waals surface area contributed by atoms with E-state index in [1.807, 2.05) is 6.92 Å². The van der Waals surface area contributed by atoms with E-state index in [0.29, 0.717) is 11.3 Å². The number of carbonyl (C=O) groups is 1. The summed E-state index contributed by atoms with van der Waals surface area (Å²) in [5, 5.41) is 12.1. The van der Waals surface area contributed by atoms with Gasteiger partial charge in [-0.25, -0.2) is 4.98 Å². The summed E-state index contributed by atoms with van der Waals surface area (Å²) in [6, 6.07) is 2.28. The molecular formula is C21H27N5O2. The number of aryl methyl sites for hydroxylation is 2. The lowest BCUT2D eigenvalue weighted by atomic mass is 10.0. The van der Waals surface area contributed by atoms with E-state index in [0.717, 1.165) is 43.6 Å². The molecule has 1 unspecified atom stereocenters. The summed E-state index contributed by atoms with van der Waals surface area (Å²) in [7, 11) is 2.11. The summed E-state index contributed by atoms with van der Waals surface area (Å²) in [6.45, 7) is 4.76. The van der Waals surface area contributed by atoms with Crippen molar-refractivity contribution >= 4 is 11.8 Å². The van der Waals surface area contributed by atoms with Gasteiger partial charge in [0.25, 0.3) is 0 Å². The van der Waals surface area contributed by atoms with Crippen LogP contribution in [0.15, 0.2) is 4.42 Å². The molecule has 1 N–H and O–H groups in total. The molecule has 4 rings (SSSR count). The minimum absolute atomic E-state index is 0.156. The van der Waals surface area contributed by atoms with Gasteiger partial charge in [0.2, 0.25) is 11.8 Å². The summed E-state index contributed by atoms with van der Waals surface area (Å²) in [4.78, 5) is 19.8. The fourth-order valence-corrected chi connectivity index (χ4v) is 4.51. The molecule has 1 atom stereocenters. The summed E-state index contributed by atoms with van der Waals surface area (Å²) in [5.74, 6) is 1.84. The third kappa shape index (κ3) is 3.22. The lowest BCUT2D eigenvalue weighted by Gasteiger charge is -2.23. The summed E-state index contributed by atoms with van der Waals surface area (Å²) in [6.07, 6.45) is 6.66. The van der Waals surface area contributed by atoms with E-state index in [-0.39, 0.29) is 24.4 Å². The molecule has 28 heavy (non-hydrogen) atoms. The number of nitriles is 1. The molecular weight excluding hydrogens is 354 g/mol. The van der Waals surface area contributed by atoms with E-state index >= 15 is 0 Å². The van der Waals surface area contributed by atoms with Crippen LogP contribution in [0.3, 0.4) is 0 Å². The molecule has 0 saturated carbocycles. The van der Waals surface area contributed by atoms with Crippen LogP contribution in [-0.4, -0.2) is 33.4 Å². The number of hydrogen-bond donors (Lipinski definition) is 1. The number of anilines is 1. The summed E-state index contributed by atoms with van der Waals surface area (Å²) in [5.41, 5.74) is 3.77. The SMILES string of the molecule is Cc1oc(NC(=O)CN2CCCC2c2nc3c(n2C)CCCC3)c(C#N)c1C. The molecule has 3 heterocycles. The number of fused-ring (bicyclic) bond motifs is 1. The molecule has 7 heteroatoms. The first-order valence-electron chi connectivity index (χ1n) is 10.1. The van der Waals surface area contributed by atoms with Crippen LogP contribution in [0, 0.1) is 25.2 Å². The van der Waals surface area contributed by atoms with Crippen molar-refractivity contribution < 1.29 is 9.21 Å². The van der Waals surface area contributed by atoms with Crippen molar-refractivity contribution in [1.82, 2.24) is 14.5 Å². The molecule has 0 aromatic carbocycles. The van der Waals surface area contributed by atoms with Gasteiger partial charge < -0.3 is 8.98 Å². The van der Waals surface area contributed by atoms with Gasteiger partial charge in [-0.1, -0.05) is 0 Å². The number of rotatable bonds is 4. The third-order valence-corrected chi connectivity index (χ3v) is 6.17. The zero-order chi connectivity index (χ0) is 19.8. The van der Waals surface area contributed by atoms with Crippen LogP contribution in [0.25, 0.3) is 0 Å². The predicted molar refractivity (Wildman–Crippen MR) is 105 cm³/mol. The van der Waals surface area contributed by atoms with Gasteiger partial charge in [0.15, 0.2) is 0 Å². The van der Waals surface area contributed by atoms with E-state index in [1.165, 1.54) is 24.2 Å². The van der Waals surface area contributed by atoms with Gasteiger partial charge in [-0.05, 0) is 58.9 Å². The Bertz CT molecular complexity index is 949. The number of imidazole rings is 1. The zero-order valence-corrected chi connectivity index (χ0v) is 16.8. The van der Waals surface area contributed by atoms with Gasteiger partial charge in [0.1, 0.15) is 23.2 Å². The van der Waals surface area contributed by atoms with Crippen molar-refractivity contribution in [1.29, 1.82) is 5.26 Å². The Morgan fingerprint density at radius 1 is 1.32 bits per heavy atom. The second-order valence-corrected chi connectivity index (χ2v) is 7.91. The molecule has 1 aliphatic carbocycles. The fraction of sp³-hybridized carbons (Fsp3) is 0.571. The Kier molecular flexibility index (Phi) is 4.98. The summed E-state index contributed by atoms with van der Waals surface area (Å²) >= 11 is 0. The van der Waals surface area contributed by atoms with Crippen LogP contribution in [0.4, 0.5) is 5.88 Å². The number of likely N-dealkylation sites (tertiary alicyclic amines) is 1. The number of nitrogens with zero attached hydrogens (tertiary/aromatic N) is 4. The highest BCUT2D eigenvalue weighted by molar-refractivity contribution is 5.92. The van der Waals surface area contributed by atoms with Crippen LogP contribution in [-0.2, 0) is 24.7 Å². The number of nitrogens with one attached hydrogen (secondary N) is 1. The van der Waals surface area contributed by atoms with Gasteiger partial charge >= 0.3 is 0 Å². The van der Waals surface area contributed by atoms with Crippen LogP contribution >= 0.6 is 0 Å². The lowest BCUT2D eigenvalue weighted by molar-refractivity contribution is -0.117. The van der Waals surface area contributed by atoms with E-state index in [2.05, 4.69) is 27.9 Å². The van der Waals surface area contributed by atoms with E-state index in [4.69, 9.17) is 9.40 Å². The number of furan rings is 1. The first kappa shape index (κ1) is 18.8. The van der Waals surface area contributed by atoms with Gasteiger partial charge in [-0.15, -0.1) is 0 Å². The highest BCUT2D eigenvalue weighted by atomic mass is 16.4. The first-order chi connectivity index (χ1) is 13.5. The highest BCUT2D eigenvalue weighted by Crippen LogP contribution is 2.34. The van der Waals surface area contributed by atoms with Gasteiger partial charge in [-0.2, -0.15) is 5.26 Å². The lowest BCUT2D eigenvalue weighted by Crippen LogP contribution is -2.34. The Morgan fingerprint density at radius 3 is 2.86 bits per heavy atom. The fourth-order valence-electron chi connectivity index (χ4n) is 4.51. The maximum atomic E-state index is 12.7. The molecule has 1 aliphatic heterocycles. The number of hydrogen-bond acceptors (Lipinski definition) is 5. The van der Waals surface area contributed by atoms with Crippen molar-refractivity contribution in [2.45, 2.75) is 58.4 Å². The first-order valence-corrected chi connectivity index (χ1v) is 10.1. The van der Waals surface area contributed by atoms with Gasteiger partial charge in [0, 0.05) is 18.3 Å². The molecule has 7 nitrogen and oxygen atoms in total. The van der Waals surface area contributed by atoms with Gasteiger partial charge in [0.05, 0.1) is 18.3 Å². The van der Waals surface area contributed by atoms with Crippen molar-refractivity contribution in [3.63, 3.8) is 0 Å². The zero-order valence-electron chi connectivity index (χ0n) is 16.8. The highest BCUT2D eigenvalue weighted by Gasteiger charge is 2.32. The molecule has 0 bridgehead atoms. The molecule has 2 aliphatic rings. The molecule has 2 aromatic rings. The van der Waals surface area contributed by atoms with Crippen LogP contribution in [0.2, 0.25) is 0 Å². The second kappa shape index (κ2) is 7.44. The molecule has 1 amide bonds. The molecule has 2 aromatic heterocycles. The molecule has 1 saturated heterocycles. The average Bonchev–Trinajstić information content (AvgIpc) is 3.33. The molecule has 0 spiro atoms. The summed E-state index contributed by atoms with van der Waals surface area (Å²) < 4.78 is 7.82. The second-order valence-electron chi connectivity index (χ2n) is 7.91. The normalized spacial score (nSPS) is 19.4. The molecule has 1 fully saturated rings. The Balaban J connectivity index is 1.49. The minimum Gasteiger partial charge on any atom is -0.444 e. The standard InChI is InChI=1S/C21H27N5O2/c1-13-14(2)28-21(15(13)11-22)24-19(27)12-26-10-6-9-18(26)20-23-16-7-4-5-8-17(16)25(20)3/h18H,4-10,12H2,1-3H3,(H,24,27).